The molecule has 2 rings (SSSR count). The van der Waals surface area contributed by atoms with Gasteiger partial charge < -0.3 is 15.5 Å². The number of carboxylic acid groups (broad SMARTS) is 1. The lowest BCUT2D eigenvalue weighted by Crippen LogP contribution is -2.22. The lowest BCUT2D eigenvalue weighted by molar-refractivity contribution is 0.0696. The largest absolute Gasteiger partial charge is 0.478 e. The van der Waals surface area contributed by atoms with Crippen molar-refractivity contribution in [3.8, 4) is 0 Å². The van der Waals surface area contributed by atoms with Gasteiger partial charge in [0, 0.05) is 18.8 Å². The van der Waals surface area contributed by atoms with Gasteiger partial charge in [0.05, 0.1) is 11.4 Å². The van der Waals surface area contributed by atoms with E-state index < -0.39 is 5.97 Å². The highest BCUT2D eigenvalue weighted by molar-refractivity contribution is 5.95. The van der Waals surface area contributed by atoms with Crippen molar-refractivity contribution in [1.82, 2.24) is 4.98 Å². The average Bonchev–Trinajstić information content (AvgIpc) is 2.82. The quantitative estimate of drug-likeness (QED) is 0.769. The number of hydrogen-bond acceptors (Lipinski definition) is 4. The van der Waals surface area contributed by atoms with Crippen LogP contribution in [0.5, 0.6) is 0 Å². The number of anilines is 1. The summed E-state index contributed by atoms with van der Waals surface area (Å²) in [6.45, 7) is 4.49. The summed E-state index contributed by atoms with van der Waals surface area (Å²) in [5.41, 5.74) is 2.21. The van der Waals surface area contributed by atoms with Crippen molar-refractivity contribution in [3.63, 3.8) is 0 Å². The number of carbonyl (C=O) groups is 1. The first-order valence-electron chi connectivity index (χ1n) is 7.09. The number of carboxylic acids is 1. The summed E-state index contributed by atoms with van der Waals surface area (Å²) in [4.78, 5) is 15.6. The monoisotopic (exact) mass is 278 g/mol. The SMILES string of the molecule is Cc1cc(NCC2CCCC2CO)c(C(=O)O)c(C)n1. The molecule has 1 aliphatic rings. The average molecular weight is 278 g/mol. The fourth-order valence-electron chi connectivity index (χ4n) is 3.10. The molecule has 5 nitrogen and oxygen atoms in total. The number of nitrogens with zero attached hydrogens (tertiary/aromatic N) is 1. The highest BCUT2D eigenvalue weighted by Crippen LogP contribution is 2.32. The maximum absolute atomic E-state index is 11.4. The number of aliphatic hydroxyl groups excluding tert-OH is 1. The molecule has 110 valence electrons. The van der Waals surface area contributed by atoms with Crippen LogP contribution in [0.25, 0.3) is 0 Å². The molecular formula is C15H22N2O3. The molecule has 1 fully saturated rings. The Morgan fingerprint density at radius 2 is 2.10 bits per heavy atom. The Morgan fingerprint density at radius 3 is 2.75 bits per heavy atom. The molecule has 0 aromatic carbocycles. The zero-order valence-corrected chi connectivity index (χ0v) is 12.0. The molecule has 1 aromatic rings. The molecule has 0 saturated heterocycles. The topological polar surface area (TPSA) is 82.5 Å². The molecule has 20 heavy (non-hydrogen) atoms. The number of aliphatic hydroxyl groups is 1. The zero-order valence-electron chi connectivity index (χ0n) is 12.0. The predicted octanol–water partition coefficient (Wildman–Crippen LogP) is 2.22. The summed E-state index contributed by atoms with van der Waals surface area (Å²) < 4.78 is 0. The molecule has 1 aliphatic carbocycles. The minimum Gasteiger partial charge on any atom is -0.478 e. The molecule has 1 saturated carbocycles. The van der Waals surface area contributed by atoms with Crippen molar-refractivity contribution in [2.75, 3.05) is 18.5 Å². The number of nitrogens with one attached hydrogen (secondary N) is 1. The van der Waals surface area contributed by atoms with E-state index in [0.29, 0.717) is 29.8 Å². The minimum absolute atomic E-state index is 0.215. The van der Waals surface area contributed by atoms with Gasteiger partial charge in [-0.1, -0.05) is 6.42 Å². The summed E-state index contributed by atoms with van der Waals surface area (Å²) in [7, 11) is 0. The van der Waals surface area contributed by atoms with Gasteiger partial charge in [-0.2, -0.15) is 0 Å². The molecule has 1 heterocycles. The summed E-state index contributed by atoms with van der Waals surface area (Å²) >= 11 is 0. The molecular weight excluding hydrogens is 256 g/mol. The van der Waals surface area contributed by atoms with Gasteiger partial charge in [0.15, 0.2) is 0 Å². The molecule has 0 spiro atoms. The van der Waals surface area contributed by atoms with Crippen LogP contribution in [0.3, 0.4) is 0 Å². The van der Waals surface area contributed by atoms with Crippen LogP contribution in [-0.4, -0.2) is 34.3 Å². The fraction of sp³-hybridized carbons (Fsp3) is 0.600. The van der Waals surface area contributed by atoms with Crippen molar-refractivity contribution in [3.05, 3.63) is 23.0 Å². The lowest BCUT2D eigenvalue weighted by Gasteiger charge is -2.20. The van der Waals surface area contributed by atoms with E-state index >= 15 is 0 Å². The van der Waals surface area contributed by atoms with E-state index in [4.69, 9.17) is 0 Å². The highest BCUT2D eigenvalue weighted by Gasteiger charge is 2.26. The van der Waals surface area contributed by atoms with Crippen molar-refractivity contribution in [1.29, 1.82) is 0 Å². The third kappa shape index (κ3) is 3.10. The van der Waals surface area contributed by atoms with Crippen LogP contribution in [0.1, 0.15) is 41.0 Å². The summed E-state index contributed by atoms with van der Waals surface area (Å²) in [5, 5.41) is 21.9. The predicted molar refractivity (Wildman–Crippen MR) is 77.1 cm³/mol. The van der Waals surface area contributed by atoms with Crippen LogP contribution in [0.15, 0.2) is 6.07 Å². The second-order valence-electron chi connectivity index (χ2n) is 5.59. The van der Waals surface area contributed by atoms with Crippen molar-refractivity contribution < 1.29 is 15.0 Å². The Hall–Kier alpha value is -1.62. The fourth-order valence-corrected chi connectivity index (χ4v) is 3.10. The Morgan fingerprint density at radius 1 is 1.40 bits per heavy atom. The van der Waals surface area contributed by atoms with Crippen molar-refractivity contribution in [2.24, 2.45) is 11.8 Å². The van der Waals surface area contributed by atoms with E-state index in [1.807, 2.05) is 6.92 Å². The van der Waals surface area contributed by atoms with Crippen LogP contribution in [-0.2, 0) is 0 Å². The molecule has 0 aliphatic heterocycles. The van der Waals surface area contributed by atoms with Crippen LogP contribution in [0.2, 0.25) is 0 Å². The maximum Gasteiger partial charge on any atom is 0.339 e. The third-order valence-corrected chi connectivity index (χ3v) is 4.15. The molecule has 2 atom stereocenters. The Bertz CT molecular complexity index is 502. The van der Waals surface area contributed by atoms with Gasteiger partial charge in [-0.15, -0.1) is 0 Å². The number of rotatable bonds is 5. The van der Waals surface area contributed by atoms with Gasteiger partial charge in [0.25, 0.3) is 0 Å². The summed E-state index contributed by atoms with van der Waals surface area (Å²) in [6.07, 6.45) is 3.28. The van der Waals surface area contributed by atoms with E-state index in [0.717, 1.165) is 25.0 Å². The van der Waals surface area contributed by atoms with Crippen molar-refractivity contribution >= 4 is 11.7 Å². The van der Waals surface area contributed by atoms with Crippen LogP contribution in [0, 0.1) is 25.7 Å². The molecule has 3 N–H and O–H groups in total. The van der Waals surface area contributed by atoms with Gasteiger partial charge in [0.1, 0.15) is 5.56 Å². The second kappa shape index (κ2) is 6.22. The third-order valence-electron chi connectivity index (χ3n) is 4.15. The Kier molecular flexibility index (Phi) is 4.60. The number of hydrogen-bond donors (Lipinski definition) is 3. The van der Waals surface area contributed by atoms with Crippen molar-refractivity contribution in [2.45, 2.75) is 33.1 Å². The molecule has 0 radical (unpaired) electrons. The maximum atomic E-state index is 11.4. The van der Waals surface area contributed by atoms with Gasteiger partial charge >= 0.3 is 5.97 Å². The first kappa shape index (κ1) is 14.8. The van der Waals surface area contributed by atoms with Gasteiger partial charge in [0.2, 0.25) is 0 Å². The zero-order chi connectivity index (χ0) is 14.7. The molecule has 1 aromatic heterocycles. The van der Waals surface area contributed by atoms with Gasteiger partial charge in [-0.3, -0.25) is 4.98 Å². The van der Waals surface area contributed by atoms with Crippen LogP contribution < -0.4 is 5.32 Å². The number of aromatic carboxylic acids is 1. The van der Waals surface area contributed by atoms with Gasteiger partial charge in [-0.05, 0) is 44.6 Å². The lowest BCUT2D eigenvalue weighted by atomic mass is 9.96. The first-order chi connectivity index (χ1) is 9.52. The minimum atomic E-state index is -0.956. The second-order valence-corrected chi connectivity index (χ2v) is 5.59. The normalized spacial score (nSPS) is 21.9. The Balaban J connectivity index is 2.14. The molecule has 0 bridgehead atoms. The summed E-state index contributed by atoms with van der Waals surface area (Å²) in [6, 6.07) is 1.78. The molecule has 0 amide bonds. The van der Waals surface area contributed by atoms with Gasteiger partial charge in [-0.25, -0.2) is 4.79 Å². The van der Waals surface area contributed by atoms with E-state index in [1.54, 1.807) is 13.0 Å². The number of pyridine rings is 1. The van der Waals surface area contributed by atoms with Crippen LogP contribution in [0.4, 0.5) is 5.69 Å². The number of aromatic nitrogens is 1. The van der Waals surface area contributed by atoms with Crippen LogP contribution >= 0.6 is 0 Å². The summed E-state index contributed by atoms with van der Waals surface area (Å²) in [5.74, 6) is -0.210. The van der Waals surface area contributed by atoms with E-state index in [9.17, 15) is 15.0 Å². The van der Waals surface area contributed by atoms with E-state index in [-0.39, 0.29) is 12.2 Å². The Labute approximate surface area is 119 Å². The van der Waals surface area contributed by atoms with E-state index in [2.05, 4.69) is 10.3 Å². The molecule has 2 unspecified atom stereocenters. The highest BCUT2D eigenvalue weighted by atomic mass is 16.4. The van der Waals surface area contributed by atoms with E-state index in [1.165, 1.54) is 0 Å². The standard InChI is InChI=1S/C15H22N2O3/c1-9-6-13(14(15(19)20)10(2)17-9)16-7-11-4-3-5-12(11)8-18/h6,11-12,18H,3-5,7-8H2,1-2H3,(H,16,17)(H,19,20). The molecule has 5 heteroatoms. The first-order valence-corrected chi connectivity index (χ1v) is 7.09. The smallest absolute Gasteiger partial charge is 0.339 e. The number of aryl methyl sites for hydroxylation is 2.